The summed E-state index contributed by atoms with van der Waals surface area (Å²) in [5.74, 6) is 0.928. The number of amides is 2. The highest BCUT2D eigenvalue weighted by atomic mass is 16.6. The van der Waals surface area contributed by atoms with Gasteiger partial charge in [-0.25, -0.2) is 4.79 Å². The maximum absolute atomic E-state index is 13.0. The van der Waals surface area contributed by atoms with Crippen molar-refractivity contribution in [3.8, 4) is 0 Å². The molecule has 2 rings (SSSR count). The molecule has 1 aliphatic rings. The van der Waals surface area contributed by atoms with E-state index in [-0.39, 0.29) is 17.9 Å². The molecule has 1 atom stereocenters. The third-order valence-electron chi connectivity index (χ3n) is 5.51. The number of carbonyl (C=O) groups excluding carboxylic acids is 2. The molecule has 0 spiro atoms. The van der Waals surface area contributed by atoms with Crippen molar-refractivity contribution in [2.75, 3.05) is 26.7 Å². The number of hydrogen-bond donors (Lipinski definition) is 0. The van der Waals surface area contributed by atoms with Gasteiger partial charge in [0.05, 0.1) is 12.1 Å². The highest BCUT2D eigenvalue weighted by Crippen LogP contribution is 2.21. The molecule has 1 saturated heterocycles. The highest BCUT2D eigenvalue weighted by molar-refractivity contribution is 5.79. The molecule has 1 aliphatic heterocycles. The van der Waals surface area contributed by atoms with Crippen LogP contribution in [-0.4, -0.2) is 63.9 Å². The van der Waals surface area contributed by atoms with Crippen LogP contribution < -0.4 is 0 Å². The van der Waals surface area contributed by atoms with Gasteiger partial charge in [0.2, 0.25) is 5.91 Å². The van der Waals surface area contributed by atoms with E-state index in [9.17, 15) is 9.59 Å². The minimum absolute atomic E-state index is 0.148. The van der Waals surface area contributed by atoms with Crippen molar-refractivity contribution < 1.29 is 14.3 Å². The first-order chi connectivity index (χ1) is 13.9. The van der Waals surface area contributed by atoms with Gasteiger partial charge >= 0.3 is 6.09 Å². The zero-order valence-corrected chi connectivity index (χ0v) is 20.1. The number of aryl methyl sites for hydroxylation is 1. The van der Waals surface area contributed by atoms with Crippen molar-refractivity contribution in [2.24, 2.45) is 11.8 Å². The maximum atomic E-state index is 13.0. The molecule has 0 aliphatic carbocycles. The monoisotopic (exact) mass is 420 g/mol. The summed E-state index contributed by atoms with van der Waals surface area (Å²) in [6, 6.07) is 0. The summed E-state index contributed by atoms with van der Waals surface area (Å²) in [5.41, 5.74) is 2.58. The Morgan fingerprint density at radius 3 is 2.53 bits per heavy atom. The van der Waals surface area contributed by atoms with E-state index in [1.165, 1.54) is 0 Å². The van der Waals surface area contributed by atoms with Crippen LogP contribution in [0.5, 0.6) is 0 Å². The summed E-state index contributed by atoms with van der Waals surface area (Å²) in [6.45, 7) is 16.9. The molecule has 0 bridgehead atoms. The summed E-state index contributed by atoms with van der Waals surface area (Å²) in [4.78, 5) is 28.9. The van der Waals surface area contributed by atoms with E-state index < -0.39 is 5.60 Å². The molecule has 7 heteroatoms. The Morgan fingerprint density at radius 2 is 1.93 bits per heavy atom. The molecule has 1 unspecified atom stereocenters. The fraction of sp³-hybridized carbons (Fsp3) is 0.783. The molecule has 2 amide bonds. The molecule has 1 aromatic rings. The lowest BCUT2D eigenvalue weighted by Crippen LogP contribution is -2.45. The van der Waals surface area contributed by atoms with E-state index >= 15 is 0 Å². The SMILES string of the molecule is Cc1nn(CC(C)C)c(C)c1CC(=O)N1CCCC(CN(C)C(=O)OC(C)(C)C)C1. The van der Waals surface area contributed by atoms with Gasteiger partial charge in [0.1, 0.15) is 5.60 Å². The standard InChI is InChI=1S/C23H40N4O3/c1-16(2)13-27-18(4)20(17(3)24-27)12-21(28)26-11-9-10-19(15-26)14-25(8)22(29)30-23(5,6)7/h16,19H,9-15H2,1-8H3. The van der Waals surface area contributed by atoms with Gasteiger partial charge in [0.15, 0.2) is 0 Å². The van der Waals surface area contributed by atoms with Crippen molar-refractivity contribution in [1.82, 2.24) is 19.6 Å². The average molecular weight is 421 g/mol. The van der Waals surface area contributed by atoms with Crippen LogP contribution >= 0.6 is 0 Å². The van der Waals surface area contributed by atoms with Crippen LogP contribution in [-0.2, 0) is 22.5 Å². The number of ether oxygens (including phenoxy) is 1. The summed E-state index contributed by atoms with van der Waals surface area (Å²) in [5, 5.41) is 4.64. The lowest BCUT2D eigenvalue weighted by Gasteiger charge is -2.35. The fourth-order valence-corrected chi connectivity index (χ4v) is 4.02. The molecule has 1 aromatic heterocycles. The maximum Gasteiger partial charge on any atom is 0.410 e. The van der Waals surface area contributed by atoms with Gasteiger partial charge in [0, 0.05) is 44.5 Å². The van der Waals surface area contributed by atoms with E-state index in [0.29, 0.717) is 25.4 Å². The highest BCUT2D eigenvalue weighted by Gasteiger charge is 2.28. The Bertz CT molecular complexity index is 748. The molecule has 1 fully saturated rings. The van der Waals surface area contributed by atoms with Gasteiger partial charge in [-0.15, -0.1) is 0 Å². The van der Waals surface area contributed by atoms with E-state index in [4.69, 9.17) is 4.74 Å². The molecule has 0 radical (unpaired) electrons. The number of aromatic nitrogens is 2. The van der Waals surface area contributed by atoms with Crippen LogP contribution in [0.25, 0.3) is 0 Å². The Balaban J connectivity index is 1.96. The normalized spacial score (nSPS) is 17.4. The summed E-state index contributed by atoms with van der Waals surface area (Å²) in [6.07, 6.45) is 2.06. The second-order valence-electron chi connectivity index (χ2n) is 10.1. The summed E-state index contributed by atoms with van der Waals surface area (Å²) < 4.78 is 7.47. The Kier molecular flexibility index (Phi) is 7.94. The molecule has 7 nitrogen and oxygen atoms in total. The van der Waals surface area contributed by atoms with Gasteiger partial charge in [-0.3, -0.25) is 9.48 Å². The Labute approximate surface area is 181 Å². The van der Waals surface area contributed by atoms with Crippen LogP contribution in [0.3, 0.4) is 0 Å². The van der Waals surface area contributed by atoms with E-state index in [1.807, 2.05) is 37.3 Å². The number of hydrogen-bond acceptors (Lipinski definition) is 4. The zero-order chi connectivity index (χ0) is 22.6. The summed E-state index contributed by atoms with van der Waals surface area (Å²) >= 11 is 0. The lowest BCUT2D eigenvalue weighted by atomic mass is 9.96. The first-order valence-electron chi connectivity index (χ1n) is 11.1. The van der Waals surface area contributed by atoms with Crippen molar-refractivity contribution in [3.05, 3.63) is 17.0 Å². The van der Waals surface area contributed by atoms with Crippen LogP contribution in [0, 0.1) is 25.7 Å². The molecule has 0 saturated carbocycles. The predicted molar refractivity (Wildman–Crippen MR) is 118 cm³/mol. The Hall–Kier alpha value is -2.05. The number of likely N-dealkylation sites (tertiary alicyclic amines) is 1. The molecule has 30 heavy (non-hydrogen) atoms. The van der Waals surface area contributed by atoms with Gasteiger partial charge in [-0.1, -0.05) is 13.8 Å². The first-order valence-corrected chi connectivity index (χ1v) is 11.1. The molecular formula is C23H40N4O3. The quantitative estimate of drug-likeness (QED) is 0.702. The number of piperidine rings is 1. The van der Waals surface area contributed by atoms with Crippen LogP contribution in [0.15, 0.2) is 0 Å². The van der Waals surface area contributed by atoms with E-state index in [0.717, 1.165) is 42.9 Å². The number of nitrogens with zero attached hydrogens (tertiary/aromatic N) is 4. The van der Waals surface area contributed by atoms with Crippen LogP contribution in [0.2, 0.25) is 0 Å². The molecule has 0 aromatic carbocycles. The number of carbonyl (C=O) groups is 2. The van der Waals surface area contributed by atoms with Crippen LogP contribution in [0.4, 0.5) is 4.79 Å². The second kappa shape index (κ2) is 9.84. The first kappa shape index (κ1) is 24.2. The van der Waals surface area contributed by atoms with Crippen molar-refractivity contribution in [3.63, 3.8) is 0 Å². The molecule has 170 valence electrons. The average Bonchev–Trinajstić information content (AvgIpc) is 2.87. The Morgan fingerprint density at radius 1 is 1.27 bits per heavy atom. The van der Waals surface area contributed by atoms with Crippen molar-refractivity contribution >= 4 is 12.0 Å². The predicted octanol–water partition coefficient (Wildman–Crippen LogP) is 3.80. The molecular weight excluding hydrogens is 380 g/mol. The third-order valence-corrected chi connectivity index (χ3v) is 5.51. The minimum Gasteiger partial charge on any atom is -0.444 e. The minimum atomic E-state index is -0.504. The second-order valence-corrected chi connectivity index (χ2v) is 10.1. The largest absolute Gasteiger partial charge is 0.444 e. The van der Waals surface area contributed by atoms with E-state index in [2.05, 4.69) is 25.9 Å². The van der Waals surface area contributed by atoms with Crippen molar-refractivity contribution in [2.45, 2.75) is 79.9 Å². The van der Waals surface area contributed by atoms with Gasteiger partial charge in [-0.05, 0) is 59.3 Å². The zero-order valence-electron chi connectivity index (χ0n) is 20.1. The third kappa shape index (κ3) is 6.74. The lowest BCUT2D eigenvalue weighted by molar-refractivity contribution is -0.132. The van der Waals surface area contributed by atoms with Gasteiger partial charge in [0.25, 0.3) is 0 Å². The molecule has 0 N–H and O–H groups in total. The van der Waals surface area contributed by atoms with Crippen LogP contribution in [0.1, 0.15) is 64.4 Å². The van der Waals surface area contributed by atoms with Crippen molar-refractivity contribution in [1.29, 1.82) is 0 Å². The van der Waals surface area contributed by atoms with E-state index in [1.54, 1.807) is 11.9 Å². The fourth-order valence-electron chi connectivity index (χ4n) is 4.02. The number of rotatable bonds is 6. The topological polar surface area (TPSA) is 67.7 Å². The smallest absolute Gasteiger partial charge is 0.410 e. The molecule has 2 heterocycles. The summed E-state index contributed by atoms with van der Waals surface area (Å²) in [7, 11) is 1.77. The van der Waals surface area contributed by atoms with Gasteiger partial charge in [-0.2, -0.15) is 5.10 Å². The van der Waals surface area contributed by atoms with Gasteiger partial charge < -0.3 is 14.5 Å².